The first-order valence-electron chi connectivity index (χ1n) is 7.57. The normalized spacial score (nSPS) is 10.6. The van der Waals surface area contributed by atoms with Crippen LogP contribution in [0.25, 0.3) is 22.4 Å². The number of carbonyl (C=O) groups is 1. The van der Waals surface area contributed by atoms with Gasteiger partial charge in [0.05, 0.1) is 16.0 Å². The molecule has 0 bridgehead atoms. The van der Waals surface area contributed by atoms with Crippen molar-refractivity contribution < 1.29 is 14.5 Å². The highest BCUT2D eigenvalue weighted by molar-refractivity contribution is 5.83. The number of para-hydroxylation sites is 2. The fourth-order valence-electron chi connectivity index (χ4n) is 2.51. The zero-order valence-corrected chi connectivity index (χ0v) is 13.3. The van der Waals surface area contributed by atoms with E-state index in [1.165, 1.54) is 18.2 Å². The van der Waals surface area contributed by atoms with E-state index in [1.807, 2.05) is 24.3 Å². The number of esters is 1. The summed E-state index contributed by atoms with van der Waals surface area (Å²) in [5.74, 6) is 0.137. The number of benzene rings is 2. The number of nitro benzene ring substituents is 1. The van der Waals surface area contributed by atoms with Gasteiger partial charge in [0.25, 0.3) is 5.69 Å². The van der Waals surface area contributed by atoms with Crippen molar-refractivity contribution >= 4 is 22.7 Å². The average molecular weight is 337 g/mol. The highest BCUT2D eigenvalue weighted by Gasteiger charge is 2.16. The summed E-state index contributed by atoms with van der Waals surface area (Å²) >= 11 is 0. The van der Waals surface area contributed by atoms with Crippen molar-refractivity contribution in [2.24, 2.45) is 0 Å². The molecule has 0 N–H and O–H groups in total. The SMILES string of the molecule is C=CCOC(=O)Cn1c(-c2ccc([N+](=O)[O-])cc2)nc2ccccc21. The van der Waals surface area contributed by atoms with Gasteiger partial charge in [0.2, 0.25) is 0 Å². The fraction of sp³-hybridized carbons (Fsp3) is 0.111. The fourth-order valence-corrected chi connectivity index (χ4v) is 2.51. The molecule has 7 nitrogen and oxygen atoms in total. The van der Waals surface area contributed by atoms with Crippen LogP contribution in [0.2, 0.25) is 0 Å². The van der Waals surface area contributed by atoms with Crippen LogP contribution in [-0.4, -0.2) is 27.1 Å². The molecule has 0 saturated heterocycles. The van der Waals surface area contributed by atoms with Gasteiger partial charge < -0.3 is 9.30 Å². The number of aromatic nitrogens is 2. The number of hydrogen-bond donors (Lipinski definition) is 0. The van der Waals surface area contributed by atoms with Gasteiger partial charge in [-0.05, 0) is 24.3 Å². The summed E-state index contributed by atoms with van der Waals surface area (Å²) in [4.78, 5) is 26.9. The van der Waals surface area contributed by atoms with Crippen LogP contribution < -0.4 is 0 Å². The number of non-ortho nitro benzene ring substituents is 1. The summed E-state index contributed by atoms with van der Waals surface area (Å²) in [6.45, 7) is 3.64. The third-order valence-corrected chi connectivity index (χ3v) is 3.64. The number of hydrogen-bond acceptors (Lipinski definition) is 5. The summed E-state index contributed by atoms with van der Waals surface area (Å²) in [5, 5.41) is 10.8. The Kier molecular flexibility index (Phi) is 4.56. The number of fused-ring (bicyclic) bond motifs is 1. The molecule has 0 amide bonds. The molecule has 3 rings (SSSR count). The quantitative estimate of drug-likeness (QED) is 0.298. The Hall–Kier alpha value is -3.48. The standard InChI is InChI=1S/C18H15N3O4/c1-2-11-25-17(22)12-20-16-6-4-3-5-15(16)19-18(20)13-7-9-14(10-8-13)21(23)24/h2-10H,1,11-12H2. The highest BCUT2D eigenvalue weighted by Crippen LogP contribution is 2.26. The second kappa shape index (κ2) is 6.96. The number of carbonyl (C=O) groups excluding carboxylic acids is 1. The maximum absolute atomic E-state index is 12.0. The van der Waals surface area contributed by atoms with E-state index >= 15 is 0 Å². The molecule has 0 radical (unpaired) electrons. The first-order valence-corrected chi connectivity index (χ1v) is 7.57. The minimum absolute atomic E-state index is 0.00296. The average Bonchev–Trinajstić information content (AvgIpc) is 2.98. The molecule has 3 aromatic rings. The van der Waals surface area contributed by atoms with Crippen molar-refractivity contribution in [1.82, 2.24) is 9.55 Å². The summed E-state index contributed by atoms with van der Waals surface area (Å²) in [7, 11) is 0. The minimum atomic E-state index is -0.459. The van der Waals surface area contributed by atoms with Crippen LogP contribution in [-0.2, 0) is 16.1 Å². The van der Waals surface area contributed by atoms with Gasteiger partial charge in [-0.1, -0.05) is 24.8 Å². The Morgan fingerprint density at radius 2 is 1.96 bits per heavy atom. The van der Waals surface area contributed by atoms with Crippen LogP contribution in [0.15, 0.2) is 61.2 Å². The molecule has 0 aliphatic heterocycles. The van der Waals surface area contributed by atoms with Crippen molar-refractivity contribution in [1.29, 1.82) is 0 Å². The summed E-state index contributed by atoms with van der Waals surface area (Å²) in [6.07, 6.45) is 1.50. The van der Waals surface area contributed by atoms with Crippen molar-refractivity contribution in [3.63, 3.8) is 0 Å². The third-order valence-electron chi connectivity index (χ3n) is 3.64. The van der Waals surface area contributed by atoms with Crippen molar-refractivity contribution in [3.8, 4) is 11.4 Å². The lowest BCUT2D eigenvalue weighted by atomic mass is 10.2. The van der Waals surface area contributed by atoms with E-state index in [0.717, 1.165) is 11.0 Å². The predicted octanol–water partition coefficient (Wildman–Crippen LogP) is 3.34. The lowest BCUT2D eigenvalue weighted by Gasteiger charge is -2.09. The van der Waals surface area contributed by atoms with Crippen molar-refractivity contribution in [2.75, 3.05) is 6.61 Å². The lowest BCUT2D eigenvalue weighted by molar-refractivity contribution is -0.384. The van der Waals surface area contributed by atoms with Crippen LogP contribution >= 0.6 is 0 Å². The van der Waals surface area contributed by atoms with Crippen LogP contribution in [0.1, 0.15) is 0 Å². The molecule has 0 spiro atoms. The molecule has 1 heterocycles. The maximum atomic E-state index is 12.0. The van der Waals surface area contributed by atoms with Crippen LogP contribution in [0.4, 0.5) is 5.69 Å². The first-order chi connectivity index (χ1) is 12.1. The molecule has 0 aliphatic carbocycles. The smallest absolute Gasteiger partial charge is 0.326 e. The highest BCUT2D eigenvalue weighted by atomic mass is 16.6. The topological polar surface area (TPSA) is 87.3 Å². The Balaban J connectivity index is 2.04. The number of imidazole rings is 1. The van der Waals surface area contributed by atoms with Crippen LogP contribution in [0.3, 0.4) is 0 Å². The molecule has 126 valence electrons. The van der Waals surface area contributed by atoms with Gasteiger partial charge in [0.1, 0.15) is 19.0 Å². The van der Waals surface area contributed by atoms with E-state index in [4.69, 9.17) is 4.74 Å². The molecule has 0 atom stereocenters. The van der Waals surface area contributed by atoms with Gasteiger partial charge in [-0.15, -0.1) is 0 Å². The Labute approximate surface area is 143 Å². The number of nitro groups is 1. The summed E-state index contributed by atoms with van der Waals surface area (Å²) in [6, 6.07) is 13.5. The largest absolute Gasteiger partial charge is 0.460 e. The molecule has 0 unspecified atom stereocenters. The number of ether oxygens (including phenoxy) is 1. The lowest BCUT2D eigenvalue weighted by Crippen LogP contribution is -2.14. The third kappa shape index (κ3) is 3.40. The van der Waals surface area contributed by atoms with E-state index in [9.17, 15) is 14.9 Å². The molecule has 7 heteroatoms. The van der Waals surface area contributed by atoms with E-state index < -0.39 is 10.9 Å². The van der Waals surface area contributed by atoms with Gasteiger partial charge in [-0.3, -0.25) is 14.9 Å². The second-order valence-corrected chi connectivity index (χ2v) is 5.29. The maximum Gasteiger partial charge on any atom is 0.326 e. The van der Waals surface area contributed by atoms with Gasteiger partial charge in [0, 0.05) is 17.7 Å². The molecule has 25 heavy (non-hydrogen) atoms. The molecule has 0 fully saturated rings. The molecule has 0 saturated carbocycles. The molecular formula is C18H15N3O4. The van der Waals surface area contributed by atoms with Crippen LogP contribution in [0, 0.1) is 10.1 Å². The molecule has 2 aromatic carbocycles. The number of rotatable bonds is 6. The van der Waals surface area contributed by atoms with E-state index in [-0.39, 0.29) is 18.8 Å². The summed E-state index contributed by atoms with van der Waals surface area (Å²) in [5.41, 5.74) is 2.19. The Morgan fingerprint density at radius 3 is 2.64 bits per heavy atom. The number of nitrogens with zero attached hydrogens (tertiary/aromatic N) is 3. The minimum Gasteiger partial charge on any atom is -0.460 e. The zero-order chi connectivity index (χ0) is 17.8. The van der Waals surface area contributed by atoms with Crippen molar-refractivity contribution in [2.45, 2.75) is 6.54 Å². The molecule has 0 aliphatic rings. The monoisotopic (exact) mass is 337 g/mol. The first kappa shape index (κ1) is 16.4. The molecular weight excluding hydrogens is 322 g/mol. The Morgan fingerprint density at radius 1 is 1.24 bits per heavy atom. The predicted molar refractivity (Wildman–Crippen MR) is 93.0 cm³/mol. The Bertz CT molecular complexity index is 945. The van der Waals surface area contributed by atoms with Crippen molar-refractivity contribution in [3.05, 3.63) is 71.3 Å². The van der Waals surface area contributed by atoms with E-state index in [1.54, 1.807) is 16.7 Å². The van der Waals surface area contributed by atoms with E-state index in [0.29, 0.717) is 11.4 Å². The van der Waals surface area contributed by atoms with Gasteiger partial charge in [0.15, 0.2) is 0 Å². The van der Waals surface area contributed by atoms with Gasteiger partial charge in [-0.2, -0.15) is 0 Å². The van der Waals surface area contributed by atoms with Gasteiger partial charge in [-0.25, -0.2) is 4.98 Å². The van der Waals surface area contributed by atoms with Gasteiger partial charge >= 0.3 is 5.97 Å². The summed E-state index contributed by atoms with van der Waals surface area (Å²) < 4.78 is 6.80. The molecule has 1 aromatic heterocycles. The zero-order valence-electron chi connectivity index (χ0n) is 13.3. The second-order valence-electron chi connectivity index (χ2n) is 5.29. The van der Waals surface area contributed by atoms with E-state index in [2.05, 4.69) is 11.6 Å². The van der Waals surface area contributed by atoms with Crippen LogP contribution in [0.5, 0.6) is 0 Å².